The second kappa shape index (κ2) is 4.98. The van der Waals surface area contributed by atoms with Gasteiger partial charge in [-0.25, -0.2) is 4.98 Å². The molecular formula is C14H19N3O. The first-order chi connectivity index (χ1) is 8.86. The van der Waals surface area contributed by atoms with Crippen molar-refractivity contribution in [2.45, 2.75) is 19.3 Å². The van der Waals surface area contributed by atoms with Crippen molar-refractivity contribution in [2.24, 2.45) is 5.92 Å². The van der Waals surface area contributed by atoms with E-state index in [-0.39, 0.29) is 0 Å². The molecular weight excluding hydrogens is 226 g/mol. The highest BCUT2D eigenvalue weighted by Crippen LogP contribution is 2.20. The maximum Gasteiger partial charge on any atom is 0.122 e. The van der Waals surface area contributed by atoms with Crippen molar-refractivity contribution < 1.29 is 4.74 Å². The number of nitrogens with zero attached hydrogens (tertiary/aromatic N) is 2. The van der Waals surface area contributed by atoms with Crippen LogP contribution < -0.4 is 10.1 Å². The van der Waals surface area contributed by atoms with Crippen molar-refractivity contribution in [3.05, 3.63) is 30.4 Å². The van der Waals surface area contributed by atoms with E-state index in [9.17, 15) is 0 Å². The molecule has 0 radical (unpaired) electrons. The fourth-order valence-electron chi connectivity index (χ4n) is 2.66. The molecule has 0 atom stereocenters. The largest absolute Gasteiger partial charge is 0.497 e. The zero-order chi connectivity index (χ0) is 12.4. The Hall–Kier alpha value is -1.55. The van der Waals surface area contributed by atoms with Crippen molar-refractivity contribution >= 4 is 5.52 Å². The first-order valence-electron chi connectivity index (χ1n) is 6.57. The molecule has 3 heterocycles. The van der Waals surface area contributed by atoms with Gasteiger partial charge in [0.1, 0.15) is 11.6 Å². The van der Waals surface area contributed by atoms with Crippen LogP contribution in [0.1, 0.15) is 18.7 Å². The van der Waals surface area contributed by atoms with Crippen LogP contribution in [0.2, 0.25) is 0 Å². The molecule has 0 bridgehead atoms. The van der Waals surface area contributed by atoms with E-state index in [1.807, 2.05) is 18.3 Å². The van der Waals surface area contributed by atoms with Crippen molar-refractivity contribution in [1.29, 1.82) is 0 Å². The number of piperidine rings is 1. The third-order valence-electron chi connectivity index (χ3n) is 3.75. The number of pyridine rings is 1. The number of nitrogens with one attached hydrogen (secondary N) is 1. The summed E-state index contributed by atoms with van der Waals surface area (Å²) in [6, 6.07) is 4.01. The maximum absolute atomic E-state index is 5.23. The Bertz CT molecular complexity index is 529. The van der Waals surface area contributed by atoms with Gasteiger partial charge in [0.25, 0.3) is 0 Å². The van der Waals surface area contributed by atoms with Gasteiger partial charge in [-0.05, 0) is 37.9 Å². The second-order valence-corrected chi connectivity index (χ2v) is 4.93. The number of hydrogen-bond acceptors (Lipinski definition) is 3. The fourth-order valence-corrected chi connectivity index (χ4v) is 2.66. The molecule has 0 unspecified atom stereocenters. The molecule has 18 heavy (non-hydrogen) atoms. The topological polar surface area (TPSA) is 38.6 Å². The van der Waals surface area contributed by atoms with E-state index >= 15 is 0 Å². The normalized spacial score (nSPS) is 17.2. The lowest BCUT2D eigenvalue weighted by Gasteiger charge is -2.21. The van der Waals surface area contributed by atoms with Gasteiger partial charge in [-0.15, -0.1) is 0 Å². The molecule has 4 heteroatoms. The molecule has 0 amide bonds. The number of methoxy groups -OCH3 is 1. The Morgan fingerprint density at radius 3 is 3.06 bits per heavy atom. The van der Waals surface area contributed by atoms with Crippen LogP contribution in [-0.4, -0.2) is 29.6 Å². The van der Waals surface area contributed by atoms with Crippen molar-refractivity contribution in [3.63, 3.8) is 0 Å². The van der Waals surface area contributed by atoms with Gasteiger partial charge in [0.05, 0.1) is 18.8 Å². The highest BCUT2D eigenvalue weighted by molar-refractivity contribution is 5.50. The summed E-state index contributed by atoms with van der Waals surface area (Å²) in [6.45, 7) is 2.28. The first kappa shape index (κ1) is 11.5. The van der Waals surface area contributed by atoms with E-state index in [4.69, 9.17) is 4.74 Å². The van der Waals surface area contributed by atoms with E-state index in [0.29, 0.717) is 0 Å². The number of hydrogen-bond donors (Lipinski definition) is 1. The average molecular weight is 245 g/mol. The van der Waals surface area contributed by atoms with E-state index in [0.717, 1.165) is 36.7 Å². The van der Waals surface area contributed by atoms with Gasteiger partial charge in [-0.1, -0.05) is 0 Å². The number of rotatable bonds is 3. The predicted octanol–water partition coefficient (Wildman–Crippen LogP) is 1.89. The smallest absolute Gasteiger partial charge is 0.122 e. The van der Waals surface area contributed by atoms with Gasteiger partial charge < -0.3 is 14.5 Å². The summed E-state index contributed by atoms with van der Waals surface area (Å²) in [6.07, 6.45) is 7.56. The minimum Gasteiger partial charge on any atom is -0.497 e. The van der Waals surface area contributed by atoms with E-state index < -0.39 is 0 Å². The van der Waals surface area contributed by atoms with Crippen molar-refractivity contribution in [2.75, 3.05) is 20.2 Å². The summed E-state index contributed by atoms with van der Waals surface area (Å²) in [4.78, 5) is 4.55. The van der Waals surface area contributed by atoms with E-state index in [1.165, 1.54) is 18.7 Å². The third kappa shape index (κ3) is 2.20. The highest BCUT2D eigenvalue weighted by Gasteiger charge is 2.16. The van der Waals surface area contributed by atoms with Gasteiger partial charge in [0.15, 0.2) is 0 Å². The van der Waals surface area contributed by atoms with Crippen LogP contribution >= 0.6 is 0 Å². The zero-order valence-corrected chi connectivity index (χ0v) is 10.7. The Labute approximate surface area is 107 Å². The number of fused-ring (bicyclic) bond motifs is 1. The number of imidazole rings is 1. The lowest BCUT2D eigenvalue weighted by molar-refractivity contribution is 0.367. The zero-order valence-electron chi connectivity index (χ0n) is 10.7. The quantitative estimate of drug-likeness (QED) is 0.897. The van der Waals surface area contributed by atoms with Crippen molar-refractivity contribution in [3.8, 4) is 5.75 Å². The summed E-state index contributed by atoms with van der Waals surface area (Å²) in [5.41, 5.74) is 1.11. The second-order valence-electron chi connectivity index (χ2n) is 4.93. The molecule has 0 aromatic carbocycles. The minimum atomic E-state index is 0.763. The highest BCUT2D eigenvalue weighted by atomic mass is 16.5. The molecule has 96 valence electrons. The molecule has 4 nitrogen and oxygen atoms in total. The molecule has 1 aliphatic heterocycles. The molecule has 2 aromatic heterocycles. The van der Waals surface area contributed by atoms with E-state index in [2.05, 4.69) is 20.9 Å². The Kier molecular flexibility index (Phi) is 3.19. The molecule has 0 aliphatic carbocycles. The van der Waals surface area contributed by atoms with Crippen LogP contribution in [0.4, 0.5) is 0 Å². The monoisotopic (exact) mass is 245 g/mol. The molecule has 1 fully saturated rings. The van der Waals surface area contributed by atoms with E-state index in [1.54, 1.807) is 7.11 Å². The molecule has 0 saturated carbocycles. The maximum atomic E-state index is 5.23. The third-order valence-corrected chi connectivity index (χ3v) is 3.75. The van der Waals surface area contributed by atoms with Gasteiger partial charge in [-0.3, -0.25) is 0 Å². The Morgan fingerprint density at radius 2 is 2.28 bits per heavy atom. The lowest BCUT2D eigenvalue weighted by atomic mass is 9.94. The molecule has 3 rings (SSSR count). The predicted molar refractivity (Wildman–Crippen MR) is 71.0 cm³/mol. The fraction of sp³-hybridized carbons (Fsp3) is 0.500. The molecule has 1 aliphatic rings. The first-order valence-corrected chi connectivity index (χ1v) is 6.57. The van der Waals surface area contributed by atoms with Gasteiger partial charge in [0, 0.05) is 18.7 Å². The van der Waals surface area contributed by atoms with Gasteiger partial charge in [0.2, 0.25) is 0 Å². The van der Waals surface area contributed by atoms with Crippen LogP contribution in [0.15, 0.2) is 24.5 Å². The summed E-state index contributed by atoms with van der Waals surface area (Å²) >= 11 is 0. The van der Waals surface area contributed by atoms with Crippen LogP contribution in [0.3, 0.4) is 0 Å². The number of aromatic nitrogens is 2. The summed E-state index contributed by atoms with van der Waals surface area (Å²) in [5.74, 6) is 2.81. The van der Waals surface area contributed by atoms with Crippen LogP contribution in [0.25, 0.3) is 5.52 Å². The standard InChI is InChI=1S/C14H19N3O/c1-18-13-4-7-17-12(9-13)10-16-14(17)8-11-2-5-15-6-3-11/h4,7,9-11,15H,2-3,5-6,8H2,1H3. The van der Waals surface area contributed by atoms with Crippen LogP contribution in [0, 0.1) is 5.92 Å². The molecule has 0 spiro atoms. The van der Waals surface area contributed by atoms with Gasteiger partial charge in [-0.2, -0.15) is 0 Å². The van der Waals surface area contributed by atoms with Crippen LogP contribution in [-0.2, 0) is 6.42 Å². The number of ether oxygens (including phenoxy) is 1. The minimum absolute atomic E-state index is 0.763. The molecule has 2 aromatic rings. The Balaban J connectivity index is 1.83. The average Bonchev–Trinajstić information content (AvgIpc) is 2.82. The molecule has 1 N–H and O–H groups in total. The lowest BCUT2D eigenvalue weighted by Crippen LogP contribution is -2.29. The summed E-state index contributed by atoms with van der Waals surface area (Å²) in [7, 11) is 1.69. The Morgan fingerprint density at radius 1 is 1.44 bits per heavy atom. The SMILES string of the molecule is COc1ccn2c(CC3CCNCC3)ncc2c1. The summed E-state index contributed by atoms with van der Waals surface area (Å²) in [5, 5.41) is 3.40. The molecule has 1 saturated heterocycles. The van der Waals surface area contributed by atoms with Gasteiger partial charge >= 0.3 is 0 Å². The van der Waals surface area contributed by atoms with Crippen molar-refractivity contribution in [1.82, 2.24) is 14.7 Å². The van der Waals surface area contributed by atoms with Crippen LogP contribution in [0.5, 0.6) is 5.75 Å². The summed E-state index contributed by atoms with van der Waals surface area (Å²) < 4.78 is 7.40.